The number of H-pyrrole nitrogens is 1. The lowest BCUT2D eigenvalue weighted by molar-refractivity contribution is 0.0946. The number of hydrogen-bond donors (Lipinski definition) is 2. The SMILES string of the molecule is Cc1ccc(-c2ccc(C(=O)NCc3ccco3)c(=O)[nH]2)cc1. The number of carbonyl (C=O) groups is 1. The van der Waals surface area contributed by atoms with E-state index in [-0.39, 0.29) is 12.1 Å². The number of aromatic nitrogens is 1. The number of hydrogen-bond acceptors (Lipinski definition) is 3. The summed E-state index contributed by atoms with van der Waals surface area (Å²) in [5.74, 6) is 0.198. The first-order valence-electron chi connectivity index (χ1n) is 7.24. The summed E-state index contributed by atoms with van der Waals surface area (Å²) in [6.45, 7) is 2.24. The Balaban J connectivity index is 1.77. The number of amides is 1. The molecule has 0 atom stereocenters. The summed E-state index contributed by atoms with van der Waals surface area (Å²) in [4.78, 5) is 27.0. The Bertz CT molecular complexity index is 862. The summed E-state index contributed by atoms with van der Waals surface area (Å²) in [5.41, 5.74) is 2.38. The normalized spacial score (nSPS) is 10.5. The fourth-order valence-electron chi connectivity index (χ4n) is 2.23. The molecule has 0 bridgehead atoms. The molecule has 0 aliphatic rings. The first-order valence-corrected chi connectivity index (χ1v) is 7.24. The van der Waals surface area contributed by atoms with Crippen molar-refractivity contribution in [3.63, 3.8) is 0 Å². The van der Waals surface area contributed by atoms with Crippen LogP contribution in [0.2, 0.25) is 0 Å². The van der Waals surface area contributed by atoms with Gasteiger partial charge in [0.15, 0.2) is 0 Å². The first kappa shape index (κ1) is 14.8. The molecule has 1 amide bonds. The number of furan rings is 1. The molecule has 3 aromatic rings. The van der Waals surface area contributed by atoms with Crippen molar-refractivity contribution in [2.45, 2.75) is 13.5 Å². The van der Waals surface area contributed by atoms with Gasteiger partial charge in [-0.1, -0.05) is 29.8 Å². The highest BCUT2D eigenvalue weighted by Crippen LogP contribution is 2.16. The minimum absolute atomic E-state index is 0.0763. The van der Waals surface area contributed by atoms with Crippen LogP contribution in [0.3, 0.4) is 0 Å². The summed E-state index contributed by atoms with van der Waals surface area (Å²) in [6.07, 6.45) is 1.53. The van der Waals surface area contributed by atoms with E-state index in [1.54, 1.807) is 18.2 Å². The zero-order valence-corrected chi connectivity index (χ0v) is 12.6. The van der Waals surface area contributed by atoms with Gasteiger partial charge in [-0.25, -0.2) is 0 Å². The van der Waals surface area contributed by atoms with Crippen LogP contribution in [0.4, 0.5) is 0 Å². The van der Waals surface area contributed by atoms with Crippen molar-refractivity contribution in [2.75, 3.05) is 0 Å². The van der Waals surface area contributed by atoms with Crippen molar-refractivity contribution in [1.29, 1.82) is 0 Å². The van der Waals surface area contributed by atoms with Crippen LogP contribution < -0.4 is 10.9 Å². The Hall–Kier alpha value is -3.08. The van der Waals surface area contributed by atoms with E-state index in [4.69, 9.17) is 4.42 Å². The van der Waals surface area contributed by atoms with Crippen molar-refractivity contribution >= 4 is 5.91 Å². The van der Waals surface area contributed by atoms with Crippen LogP contribution in [-0.2, 0) is 6.54 Å². The van der Waals surface area contributed by atoms with Gasteiger partial charge in [0.25, 0.3) is 11.5 Å². The van der Waals surface area contributed by atoms with Gasteiger partial charge in [-0.05, 0) is 36.8 Å². The second kappa shape index (κ2) is 6.36. The molecule has 0 fully saturated rings. The van der Waals surface area contributed by atoms with Gasteiger partial charge in [-0.15, -0.1) is 0 Å². The average Bonchev–Trinajstić information content (AvgIpc) is 3.06. The number of rotatable bonds is 4. The number of pyridine rings is 1. The predicted octanol–water partition coefficient (Wildman–Crippen LogP) is 2.87. The molecule has 0 aliphatic heterocycles. The Morgan fingerprint density at radius 2 is 1.91 bits per heavy atom. The van der Waals surface area contributed by atoms with Gasteiger partial charge in [-0.3, -0.25) is 9.59 Å². The molecule has 0 saturated carbocycles. The molecule has 2 N–H and O–H groups in total. The first-order chi connectivity index (χ1) is 11.1. The number of nitrogens with one attached hydrogen (secondary N) is 2. The second-order valence-electron chi connectivity index (χ2n) is 5.24. The maximum absolute atomic E-state index is 12.1. The molecule has 23 heavy (non-hydrogen) atoms. The summed E-state index contributed by atoms with van der Waals surface area (Å²) in [5, 5.41) is 2.66. The van der Waals surface area contributed by atoms with Crippen LogP contribution >= 0.6 is 0 Å². The van der Waals surface area contributed by atoms with E-state index in [0.29, 0.717) is 11.5 Å². The number of aromatic amines is 1. The van der Waals surface area contributed by atoms with Crippen molar-refractivity contribution in [1.82, 2.24) is 10.3 Å². The van der Waals surface area contributed by atoms with Crippen LogP contribution in [0.1, 0.15) is 21.7 Å². The van der Waals surface area contributed by atoms with E-state index in [1.807, 2.05) is 31.2 Å². The molecule has 0 aliphatic carbocycles. The molecule has 5 heteroatoms. The molecule has 0 saturated heterocycles. The molecule has 3 rings (SSSR count). The highest BCUT2D eigenvalue weighted by Gasteiger charge is 2.11. The minimum atomic E-state index is -0.432. The van der Waals surface area contributed by atoms with Gasteiger partial charge >= 0.3 is 0 Å². The van der Waals surface area contributed by atoms with Gasteiger partial charge in [-0.2, -0.15) is 0 Å². The van der Waals surface area contributed by atoms with Crippen LogP contribution in [0.15, 0.2) is 64.0 Å². The smallest absolute Gasteiger partial charge is 0.261 e. The van der Waals surface area contributed by atoms with Gasteiger partial charge < -0.3 is 14.7 Å². The molecular weight excluding hydrogens is 292 g/mol. The molecule has 2 heterocycles. The largest absolute Gasteiger partial charge is 0.467 e. The zero-order chi connectivity index (χ0) is 16.2. The highest BCUT2D eigenvalue weighted by molar-refractivity contribution is 5.94. The summed E-state index contributed by atoms with van der Waals surface area (Å²) >= 11 is 0. The summed E-state index contributed by atoms with van der Waals surface area (Å²) < 4.78 is 5.14. The third-order valence-corrected chi connectivity index (χ3v) is 3.52. The molecule has 0 spiro atoms. The van der Waals surface area contributed by atoms with Crippen molar-refractivity contribution in [3.8, 4) is 11.3 Å². The quantitative estimate of drug-likeness (QED) is 0.778. The van der Waals surface area contributed by atoms with Crippen molar-refractivity contribution < 1.29 is 9.21 Å². The molecular formula is C18H16N2O3. The zero-order valence-electron chi connectivity index (χ0n) is 12.6. The van der Waals surface area contributed by atoms with E-state index in [1.165, 1.54) is 12.3 Å². The minimum Gasteiger partial charge on any atom is -0.467 e. The Morgan fingerprint density at radius 1 is 1.13 bits per heavy atom. The van der Waals surface area contributed by atoms with Gasteiger partial charge in [0, 0.05) is 5.69 Å². The molecule has 1 aromatic carbocycles. The lowest BCUT2D eigenvalue weighted by Crippen LogP contribution is -2.29. The standard InChI is InChI=1S/C18H16N2O3/c1-12-4-6-13(7-5-12)16-9-8-15(18(22)20-16)17(21)19-11-14-3-2-10-23-14/h2-10H,11H2,1H3,(H,19,21)(H,20,22). The third-order valence-electron chi connectivity index (χ3n) is 3.52. The Labute approximate surface area is 133 Å². The average molecular weight is 308 g/mol. The summed E-state index contributed by atoms with van der Waals surface area (Å²) in [6, 6.07) is 14.6. The van der Waals surface area contributed by atoms with Gasteiger partial charge in [0.05, 0.1) is 12.8 Å². The Morgan fingerprint density at radius 3 is 2.57 bits per heavy atom. The maximum atomic E-state index is 12.1. The molecule has 0 unspecified atom stereocenters. The lowest BCUT2D eigenvalue weighted by Gasteiger charge is -2.05. The predicted molar refractivity (Wildman–Crippen MR) is 87.1 cm³/mol. The molecule has 2 aromatic heterocycles. The van der Waals surface area contributed by atoms with Crippen molar-refractivity contribution in [2.24, 2.45) is 0 Å². The van der Waals surface area contributed by atoms with Crippen LogP contribution in [0, 0.1) is 6.92 Å². The van der Waals surface area contributed by atoms with Crippen molar-refractivity contribution in [3.05, 3.63) is 82.0 Å². The van der Waals surface area contributed by atoms with E-state index in [0.717, 1.165) is 11.1 Å². The number of benzene rings is 1. The lowest BCUT2D eigenvalue weighted by atomic mass is 10.1. The topological polar surface area (TPSA) is 75.1 Å². The fraction of sp³-hybridized carbons (Fsp3) is 0.111. The highest BCUT2D eigenvalue weighted by atomic mass is 16.3. The Kier molecular flexibility index (Phi) is 4.10. The maximum Gasteiger partial charge on any atom is 0.261 e. The monoisotopic (exact) mass is 308 g/mol. The molecule has 5 nitrogen and oxygen atoms in total. The second-order valence-corrected chi connectivity index (χ2v) is 5.24. The third kappa shape index (κ3) is 3.40. The number of carbonyl (C=O) groups excluding carboxylic acids is 1. The van der Waals surface area contributed by atoms with E-state index >= 15 is 0 Å². The number of aryl methyl sites for hydroxylation is 1. The van der Waals surface area contributed by atoms with Crippen LogP contribution in [-0.4, -0.2) is 10.9 Å². The van der Waals surface area contributed by atoms with E-state index in [9.17, 15) is 9.59 Å². The van der Waals surface area contributed by atoms with Gasteiger partial charge in [0.2, 0.25) is 0 Å². The van der Waals surface area contributed by atoms with E-state index in [2.05, 4.69) is 10.3 Å². The summed E-state index contributed by atoms with van der Waals surface area (Å²) in [7, 11) is 0. The van der Waals surface area contributed by atoms with E-state index < -0.39 is 11.5 Å². The van der Waals surface area contributed by atoms with Gasteiger partial charge in [0.1, 0.15) is 11.3 Å². The fourth-order valence-corrected chi connectivity index (χ4v) is 2.23. The molecule has 116 valence electrons. The van der Waals surface area contributed by atoms with Crippen LogP contribution in [0.25, 0.3) is 11.3 Å². The van der Waals surface area contributed by atoms with Crippen LogP contribution in [0.5, 0.6) is 0 Å². The molecule has 0 radical (unpaired) electrons.